The Kier molecular flexibility index (Phi) is 5.23. The van der Waals surface area contributed by atoms with E-state index >= 15 is 0 Å². The Balaban J connectivity index is 2.66. The van der Waals surface area contributed by atoms with Crippen molar-refractivity contribution in [2.75, 3.05) is 11.9 Å². The molecule has 6 heteroatoms. The van der Waals surface area contributed by atoms with Gasteiger partial charge < -0.3 is 15.7 Å². The van der Waals surface area contributed by atoms with Gasteiger partial charge in [0, 0.05) is 23.9 Å². The largest absolute Gasteiger partial charge is 0.396 e. The molecule has 19 heavy (non-hydrogen) atoms. The van der Waals surface area contributed by atoms with Crippen LogP contribution in [0.3, 0.4) is 0 Å². The van der Waals surface area contributed by atoms with E-state index in [1.165, 1.54) is 6.07 Å². The molecule has 2 amide bonds. The summed E-state index contributed by atoms with van der Waals surface area (Å²) in [5.74, 6) is -1.99. The Hall–Kier alpha value is -1.69. The highest BCUT2D eigenvalue weighted by Gasteiger charge is 2.23. The van der Waals surface area contributed by atoms with Crippen LogP contribution < -0.4 is 10.6 Å². The van der Waals surface area contributed by atoms with E-state index in [-0.39, 0.29) is 12.3 Å². The van der Waals surface area contributed by atoms with E-state index in [4.69, 9.17) is 5.11 Å². The minimum atomic E-state index is -1.02. The van der Waals surface area contributed by atoms with Gasteiger partial charge >= 0.3 is 6.03 Å². The molecule has 3 N–H and O–H groups in total. The first-order valence-corrected chi connectivity index (χ1v) is 6.05. The Labute approximate surface area is 110 Å². The number of benzene rings is 1. The predicted molar refractivity (Wildman–Crippen MR) is 68.9 cm³/mol. The number of nitrogens with one attached hydrogen (secondary N) is 2. The number of halogens is 2. The van der Waals surface area contributed by atoms with Crippen molar-refractivity contribution in [1.82, 2.24) is 5.32 Å². The number of amides is 2. The fourth-order valence-corrected chi connectivity index (χ4v) is 1.58. The maximum atomic E-state index is 13.0. The van der Waals surface area contributed by atoms with Gasteiger partial charge in [0.2, 0.25) is 0 Å². The average Bonchev–Trinajstić information content (AvgIpc) is 2.34. The van der Waals surface area contributed by atoms with E-state index in [0.717, 1.165) is 12.1 Å². The number of hydrogen-bond donors (Lipinski definition) is 3. The molecule has 0 aliphatic carbocycles. The summed E-state index contributed by atoms with van der Waals surface area (Å²) < 4.78 is 25.7. The molecule has 1 aromatic rings. The maximum Gasteiger partial charge on any atom is 0.319 e. The number of carbonyl (C=O) groups excluding carboxylic acids is 1. The lowest BCUT2D eigenvalue weighted by atomic mass is 9.95. The van der Waals surface area contributed by atoms with Crippen LogP contribution in [-0.4, -0.2) is 23.3 Å². The van der Waals surface area contributed by atoms with Gasteiger partial charge in [0.15, 0.2) is 11.6 Å². The molecule has 0 bridgehead atoms. The second kappa shape index (κ2) is 6.47. The van der Waals surface area contributed by atoms with Gasteiger partial charge in [-0.15, -0.1) is 0 Å². The summed E-state index contributed by atoms with van der Waals surface area (Å²) in [4.78, 5) is 11.7. The van der Waals surface area contributed by atoms with Crippen molar-refractivity contribution in [3.63, 3.8) is 0 Å². The molecule has 1 rings (SSSR count). The average molecular weight is 272 g/mol. The van der Waals surface area contributed by atoms with Crippen molar-refractivity contribution < 1.29 is 18.7 Å². The molecule has 4 nitrogen and oxygen atoms in total. The maximum absolute atomic E-state index is 13.0. The van der Waals surface area contributed by atoms with Crippen molar-refractivity contribution in [2.24, 2.45) is 0 Å². The SMILES string of the molecule is CCC(C)(CCO)NC(=O)Nc1ccc(F)c(F)c1. The summed E-state index contributed by atoms with van der Waals surface area (Å²) in [5.41, 5.74) is -0.379. The van der Waals surface area contributed by atoms with Crippen LogP contribution >= 0.6 is 0 Å². The number of carbonyl (C=O) groups is 1. The van der Waals surface area contributed by atoms with Gasteiger partial charge in [-0.2, -0.15) is 0 Å². The first kappa shape index (κ1) is 15.4. The molecule has 0 radical (unpaired) electrons. The van der Waals surface area contributed by atoms with E-state index in [0.29, 0.717) is 12.8 Å². The summed E-state index contributed by atoms with van der Waals surface area (Å²) in [6.07, 6.45) is 1.05. The number of aliphatic hydroxyl groups excluding tert-OH is 1. The van der Waals surface area contributed by atoms with E-state index in [9.17, 15) is 13.6 Å². The van der Waals surface area contributed by atoms with Crippen LogP contribution in [0.15, 0.2) is 18.2 Å². The monoisotopic (exact) mass is 272 g/mol. The molecule has 0 aromatic heterocycles. The number of aliphatic hydroxyl groups is 1. The summed E-state index contributed by atoms with van der Waals surface area (Å²) in [6, 6.07) is 2.60. The lowest BCUT2D eigenvalue weighted by Crippen LogP contribution is -2.48. The van der Waals surface area contributed by atoms with Crippen LogP contribution in [0.5, 0.6) is 0 Å². The Morgan fingerprint density at radius 1 is 1.37 bits per heavy atom. The van der Waals surface area contributed by atoms with E-state index in [1.54, 1.807) is 6.92 Å². The topological polar surface area (TPSA) is 61.4 Å². The lowest BCUT2D eigenvalue weighted by Gasteiger charge is -2.29. The normalized spacial score (nSPS) is 13.7. The van der Waals surface area contributed by atoms with E-state index in [2.05, 4.69) is 10.6 Å². The van der Waals surface area contributed by atoms with Crippen LogP contribution in [0, 0.1) is 11.6 Å². The highest BCUT2D eigenvalue weighted by Crippen LogP contribution is 2.16. The van der Waals surface area contributed by atoms with Crippen LogP contribution in [0.2, 0.25) is 0 Å². The van der Waals surface area contributed by atoms with Crippen molar-refractivity contribution >= 4 is 11.7 Å². The second-order valence-corrected chi connectivity index (χ2v) is 4.60. The van der Waals surface area contributed by atoms with Gasteiger partial charge in [0.1, 0.15) is 0 Å². The molecule has 1 aromatic carbocycles. The van der Waals surface area contributed by atoms with Crippen molar-refractivity contribution in [3.8, 4) is 0 Å². The Morgan fingerprint density at radius 2 is 2.05 bits per heavy atom. The Morgan fingerprint density at radius 3 is 2.58 bits per heavy atom. The van der Waals surface area contributed by atoms with Gasteiger partial charge in [-0.1, -0.05) is 6.92 Å². The van der Waals surface area contributed by atoms with Crippen LogP contribution in [-0.2, 0) is 0 Å². The molecule has 0 saturated heterocycles. The lowest BCUT2D eigenvalue weighted by molar-refractivity contribution is 0.208. The zero-order chi connectivity index (χ0) is 14.5. The fourth-order valence-electron chi connectivity index (χ4n) is 1.58. The molecule has 0 aliphatic heterocycles. The predicted octanol–water partition coefficient (Wildman–Crippen LogP) is 2.64. The summed E-state index contributed by atoms with van der Waals surface area (Å²) in [6.45, 7) is 3.64. The van der Waals surface area contributed by atoms with Gasteiger partial charge in [-0.25, -0.2) is 13.6 Å². The van der Waals surface area contributed by atoms with E-state index in [1.807, 2.05) is 6.92 Å². The highest BCUT2D eigenvalue weighted by atomic mass is 19.2. The smallest absolute Gasteiger partial charge is 0.319 e. The summed E-state index contributed by atoms with van der Waals surface area (Å²) >= 11 is 0. The third-order valence-electron chi connectivity index (χ3n) is 3.04. The van der Waals surface area contributed by atoms with Gasteiger partial charge in [-0.3, -0.25) is 0 Å². The number of anilines is 1. The Bertz CT molecular complexity index is 454. The number of hydrogen-bond acceptors (Lipinski definition) is 2. The molecule has 0 fully saturated rings. The first-order valence-electron chi connectivity index (χ1n) is 6.05. The molecule has 0 saturated carbocycles. The van der Waals surface area contributed by atoms with Gasteiger partial charge in [0.05, 0.1) is 0 Å². The zero-order valence-electron chi connectivity index (χ0n) is 11.0. The minimum absolute atomic E-state index is 0.0458. The molecular formula is C13H18F2N2O2. The third-order valence-corrected chi connectivity index (χ3v) is 3.04. The highest BCUT2D eigenvalue weighted by molar-refractivity contribution is 5.89. The molecule has 0 spiro atoms. The quantitative estimate of drug-likeness (QED) is 0.771. The van der Waals surface area contributed by atoms with Crippen molar-refractivity contribution in [2.45, 2.75) is 32.2 Å². The van der Waals surface area contributed by atoms with Crippen LogP contribution in [0.25, 0.3) is 0 Å². The van der Waals surface area contributed by atoms with Crippen molar-refractivity contribution in [3.05, 3.63) is 29.8 Å². The van der Waals surface area contributed by atoms with Crippen LogP contribution in [0.1, 0.15) is 26.7 Å². The standard InChI is InChI=1S/C13H18F2N2O2/c1-3-13(2,6-7-18)17-12(19)16-9-4-5-10(14)11(15)8-9/h4-5,8,18H,3,6-7H2,1-2H3,(H2,16,17,19). The fraction of sp³-hybridized carbons (Fsp3) is 0.462. The second-order valence-electron chi connectivity index (χ2n) is 4.60. The number of rotatable bonds is 5. The van der Waals surface area contributed by atoms with Gasteiger partial charge in [0.25, 0.3) is 0 Å². The number of urea groups is 1. The molecule has 0 aliphatic rings. The van der Waals surface area contributed by atoms with Crippen molar-refractivity contribution in [1.29, 1.82) is 0 Å². The minimum Gasteiger partial charge on any atom is -0.396 e. The van der Waals surface area contributed by atoms with E-state index < -0.39 is 23.2 Å². The third kappa shape index (κ3) is 4.48. The molecule has 1 unspecified atom stereocenters. The zero-order valence-corrected chi connectivity index (χ0v) is 11.0. The molecule has 0 heterocycles. The molecule has 1 atom stereocenters. The summed E-state index contributed by atoms with van der Waals surface area (Å²) in [7, 11) is 0. The van der Waals surface area contributed by atoms with Gasteiger partial charge in [-0.05, 0) is 31.9 Å². The molecular weight excluding hydrogens is 254 g/mol. The first-order chi connectivity index (χ1) is 8.90. The van der Waals surface area contributed by atoms with Crippen LogP contribution in [0.4, 0.5) is 19.3 Å². The molecule has 106 valence electrons. The summed E-state index contributed by atoms with van der Waals surface area (Å²) in [5, 5.41) is 14.1.